The van der Waals surface area contributed by atoms with Gasteiger partial charge in [0.2, 0.25) is 0 Å². The lowest BCUT2D eigenvalue weighted by atomic mass is 10.1. The second kappa shape index (κ2) is 6.81. The first-order chi connectivity index (χ1) is 8.40. The first-order valence-electron chi connectivity index (χ1n) is 7.12. The molecule has 2 amide bonds. The van der Waals surface area contributed by atoms with Gasteiger partial charge >= 0.3 is 6.03 Å². The third kappa shape index (κ3) is 5.56. The molecule has 0 aromatic rings. The second-order valence-corrected chi connectivity index (χ2v) is 6.30. The van der Waals surface area contributed by atoms with Gasteiger partial charge in [0, 0.05) is 19.3 Å². The van der Waals surface area contributed by atoms with E-state index >= 15 is 0 Å². The number of hydrogen-bond acceptors (Lipinski definition) is 1. The zero-order valence-corrected chi connectivity index (χ0v) is 12.5. The minimum absolute atomic E-state index is 0.0393. The third-order valence-electron chi connectivity index (χ3n) is 3.10. The molecule has 1 aliphatic rings. The van der Waals surface area contributed by atoms with E-state index in [4.69, 9.17) is 0 Å². The van der Waals surface area contributed by atoms with Crippen LogP contribution in [0, 0.1) is 17.8 Å². The van der Waals surface area contributed by atoms with Gasteiger partial charge in [-0.05, 0) is 37.5 Å². The van der Waals surface area contributed by atoms with Crippen LogP contribution in [0.25, 0.3) is 0 Å². The number of nitrogens with one attached hydrogen (secondary N) is 1. The van der Waals surface area contributed by atoms with Crippen LogP contribution in [0.3, 0.4) is 0 Å². The monoisotopic (exact) mass is 252 g/mol. The molecule has 3 nitrogen and oxygen atoms in total. The molecule has 0 unspecified atom stereocenters. The Kier molecular flexibility index (Phi) is 5.70. The fourth-order valence-electron chi connectivity index (χ4n) is 2.05. The Morgan fingerprint density at radius 2 is 1.72 bits per heavy atom. The lowest BCUT2D eigenvalue weighted by Gasteiger charge is -2.26. The molecule has 0 aliphatic heterocycles. The standard InChI is InChI=1S/C15H28N2O/c1-11(2)9-17(10-12(3)4)15(18)16-8-13(5)14-6-7-14/h8,11-12,14H,6-7,9-10H2,1-5H3,(H,16,18)/b13-8+. The lowest BCUT2D eigenvalue weighted by Crippen LogP contribution is -2.42. The van der Waals surface area contributed by atoms with Crippen LogP contribution < -0.4 is 5.32 Å². The molecule has 1 N–H and O–H groups in total. The van der Waals surface area contributed by atoms with Gasteiger partial charge in [0.25, 0.3) is 0 Å². The molecule has 0 radical (unpaired) electrons. The van der Waals surface area contributed by atoms with Crippen molar-refractivity contribution >= 4 is 6.03 Å². The fraction of sp³-hybridized carbons (Fsp3) is 0.800. The summed E-state index contributed by atoms with van der Waals surface area (Å²) < 4.78 is 0. The number of amides is 2. The zero-order valence-electron chi connectivity index (χ0n) is 12.5. The average Bonchev–Trinajstić information content (AvgIpc) is 3.06. The Balaban J connectivity index is 2.49. The van der Waals surface area contributed by atoms with Crippen LogP contribution in [0.5, 0.6) is 0 Å². The normalized spacial score (nSPS) is 16.3. The van der Waals surface area contributed by atoms with Crippen LogP contribution in [-0.2, 0) is 0 Å². The molecular weight excluding hydrogens is 224 g/mol. The van der Waals surface area contributed by atoms with Gasteiger partial charge in [0.05, 0.1) is 0 Å². The van der Waals surface area contributed by atoms with Crippen LogP contribution in [0.1, 0.15) is 47.5 Å². The molecule has 0 atom stereocenters. The molecular formula is C15H28N2O. The summed E-state index contributed by atoms with van der Waals surface area (Å²) in [6.07, 6.45) is 4.45. The van der Waals surface area contributed by atoms with Crippen molar-refractivity contribution in [2.24, 2.45) is 17.8 Å². The minimum Gasteiger partial charge on any atom is -0.324 e. The number of hydrogen-bond donors (Lipinski definition) is 1. The molecule has 1 rings (SSSR count). The second-order valence-electron chi connectivity index (χ2n) is 6.30. The summed E-state index contributed by atoms with van der Waals surface area (Å²) in [5.41, 5.74) is 1.30. The lowest BCUT2D eigenvalue weighted by molar-refractivity contribution is 0.187. The number of allylic oxidation sites excluding steroid dienone is 1. The summed E-state index contributed by atoms with van der Waals surface area (Å²) in [7, 11) is 0. The van der Waals surface area contributed by atoms with Gasteiger partial charge in [-0.1, -0.05) is 33.3 Å². The van der Waals surface area contributed by atoms with Crippen LogP contribution in [0.15, 0.2) is 11.8 Å². The third-order valence-corrected chi connectivity index (χ3v) is 3.10. The predicted octanol–water partition coefficient (Wildman–Crippen LogP) is 3.62. The Morgan fingerprint density at radius 1 is 1.22 bits per heavy atom. The van der Waals surface area contributed by atoms with Crippen molar-refractivity contribution in [3.63, 3.8) is 0 Å². The van der Waals surface area contributed by atoms with Crippen molar-refractivity contribution < 1.29 is 4.79 Å². The van der Waals surface area contributed by atoms with Crippen molar-refractivity contribution in [3.05, 3.63) is 11.8 Å². The van der Waals surface area contributed by atoms with Crippen molar-refractivity contribution in [2.45, 2.75) is 47.5 Å². The highest BCUT2D eigenvalue weighted by molar-refractivity contribution is 5.75. The van der Waals surface area contributed by atoms with E-state index in [0.29, 0.717) is 17.8 Å². The van der Waals surface area contributed by atoms with E-state index in [9.17, 15) is 4.79 Å². The summed E-state index contributed by atoms with van der Waals surface area (Å²) in [5, 5.41) is 2.94. The number of urea groups is 1. The smallest absolute Gasteiger partial charge is 0.321 e. The largest absolute Gasteiger partial charge is 0.324 e. The first-order valence-corrected chi connectivity index (χ1v) is 7.12. The highest BCUT2D eigenvalue weighted by Gasteiger charge is 2.23. The summed E-state index contributed by atoms with van der Waals surface area (Å²) in [4.78, 5) is 14.1. The molecule has 1 fully saturated rings. The molecule has 0 aromatic carbocycles. The van der Waals surface area contributed by atoms with Crippen LogP contribution >= 0.6 is 0 Å². The summed E-state index contributed by atoms with van der Waals surface area (Å²) in [6, 6.07) is 0.0393. The predicted molar refractivity (Wildman–Crippen MR) is 76.3 cm³/mol. The number of nitrogens with zero attached hydrogens (tertiary/aromatic N) is 1. The van der Waals surface area contributed by atoms with Gasteiger partial charge in [0.15, 0.2) is 0 Å². The topological polar surface area (TPSA) is 32.3 Å². The van der Waals surface area contributed by atoms with Gasteiger partial charge in [-0.2, -0.15) is 0 Å². The Hall–Kier alpha value is -0.990. The fourth-order valence-corrected chi connectivity index (χ4v) is 2.05. The highest BCUT2D eigenvalue weighted by Crippen LogP contribution is 2.35. The molecule has 0 heterocycles. The van der Waals surface area contributed by atoms with E-state index in [2.05, 4.69) is 39.9 Å². The number of carbonyl (C=O) groups is 1. The molecule has 1 aliphatic carbocycles. The summed E-state index contributed by atoms with van der Waals surface area (Å²) >= 11 is 0. The van der Waals surface area contributed by atoms with Crippen molar-refractivity contribution in [1.29, 1.82) is 0 Å². The Labute approximate surface area is 112 Å². The van der Waals surface area contributed by atoms with Crippen molar-refractivity contribution in [3.8, 4) is 0 Å². The van der Waals surface area contributed by atoms with E-state index in [1.807, 2.05) is 11.1 Å². The van der Waals surface area contributed by atoms with Crippen molar-refractivity contribution in [2.75, 3.05) is 13.1 Å². The van der Waals surface area contributed by atoms with Gasteiger partial charge in [-0.15, -0.1) is 0 Å². The number of rotatable bonds is 6. The van der Waals surface area contributed by atoms with E-state index in [0.717, 1.165) is 13.1 Å². The summed E-state index contributed by atoms with van der Waals surface area (Å²) in [5.74, 6) is 1.72. The molecule has 0 spiro atoms. The van der Waals surface area contributed by atoms with Gasteiger partial charge in [-0.25, -0.2) is 4.79 Å². The molecule has 0 bridgehead atoms. The zero-order chi connectivity index (χ0) is 13.7. The van der Waals surface area contributed by atoms with E-state index in [1.54, 1.807) is 0 Å². The molecule has 0 aromatic heterocycles. The Bertz CT molecular complexity index is 294. The molecule has 0 saturated heterocycles. The maximum atomic E-state index is 12.1. The molecule has 104 valence electrons. The maximum Gasteiger partial charge on any atom is 0.321 e. The van der Waals surface area contributed by atoms with Gasteiger partial charge in [0.1, 0.15) is 0 Å². The number of carbonyl (C=O) groups excluding carboxylic acids is 1. The minimum atomic E-state index is 0.0393. The summed E-state index contributed by atoms with van der Waals surface area (Å²) in [6.45, 7) is 12.3. The highest BCUT2D eigenvalue weighted by atomic mass is 16.2. The quantitative estimate of drug-likeness (QED) is 0.769. The Morgan fingerprint density at radius 3 is 2.11 bits per heavy atom. The molecule has 3 heteroatoms. The first kappa shape index (κ1) is 15.1. The van der Waals surface area contributed by atoms with Gasteiger partial charge < -0.3 is 10.2 Å². The molecule has 1 saturated carbocycles. The van der Waals surface area contributed by atoms with E-state index in [-0.39, 0.29) is 6.03 Å². The van der Waals surface area contributed by atoms with Crippen molar-refractivity contribution in [1.82, 2.24) is 10.2 Å². The maximum absolute atomic E-state index is 12.1. The average molecular weight is 252 g/mol. The van der Waals surface area contributed by atoms with E-state index < -0.39 is 0 Å². The van der Waals surface area contributed by atoms with Crippen LogP contribution in [0.4, 0.5) is 4.79 Å². The van der Waals surface area contributed by atoms with Crippen LogP contribution in [-0.4, -0.2) is 24.0 Å². The molecule has 18 heavy (non-hydrogen) atoms. The van der Waals surface area contributed by atoms with Crippen LogP contribution in [0.2, 0.25) is 0 Å². The van der Waals surface area contributed by atoms with Gasteiger partial charge in [-0.3, -0.25) is 0 Å². The van der Waals surface area contributed by atoms with E-state index in [1.165, 1.54) is 18.4 Å². The SMILES string of the molecule is C/C(=C\NC(=O)N(CC(C)C)CC(C)C)C1CC1.